The standard InChI is InChI=1S/C21H31NO3.C2HF3O2/c1-23-19-7-5-17(6-8-19)13-22-11-9-20-21(15-22,10-2-12-25-20)16-24-14-18-3-4-18;3-2(4,5)1(6)7/h5-8,18,20H,2-4,9-16H2,1H3;(H,6,7). The summed E-state index contributed by atoms with van der Waals surface area (Å²) in [6, 6.07) is 8.47. The van der Waals surface area contributed by atoms with E-state index in [2.05, 4.69) is 29.2 Å². The van der Waals surface area contributed by atoms with Crippen LogP contribution in [0.1, 0.15) is 37.7 Å². The summed E-state index contributed by atoms with van der Waals surface area (Å²) in [5.41, 5.74) is 1.54. The highest BCUT2D eigenvalue weighted by Gasteiger charge is 2.46. The van der Waals surface area contributed by atoms with E-state index in [4.69, 9.17) is 24.1 Å². The number of benzene rings is 1. The maximum atomic E-state index is 10.6. The quantitative estimate of drug-likeness (QED) is 0.662. The number of halogens is 3. The third kappa shape index (κ3) is 7.08. The minimum atomic E-state index is -5.08. The molecule has 2 heterocycles. The molecule has 2 atom stereocenters. The lowest BCUT2D eigenvalue weighted by molar-refractivity contribution is -0.192. The molecule has 0 amide bonds. The molecule has 2 aliphatic heterocycles. The zero-order chi connectivity index (χ0) is 23.2. The van der Waals surface area contributed by atoms with Crippen LogP contribution < -0.4 is 4.74 Å². The fourth-order valence-electron chi connectivity index (χ4n) is 4.43. The zero-order valence-electron chi connectivity index (χ0n) is 18.4. The molecular weight excluding hydrogens is 427 g/mol. The number of piperidine rings is 1. The van der Waals surface area contributed by atoms with Crippen LogP contribution in [0.5, 0.6) is 5.75 Å². The first-order chi connectivity index (χ1) is 15.2. The predicted molar refractivity (Wildman–Crippen MR) is 112 cm³/mol. The molecule has 4 rings (SSSR count). The summed E-state index contributed by atoms with van der Waals surface area (Å²) in [5, 5.41) is 7.12. The van der Waals surface area contributed by atoms with Crippen LogP contribution in [0.4, 0.5) is 13.2 Å². The third-order valence-electron chi connectivity index (χ3n) is 6.31. The second kappa shape index (κ2) is 10.9. The second-order valence-corrected chi connectivity index (χ2v) is 8.93. The van der Waals surface area contributed by atoms with Gasteiger partial charge in [-0.1, -0.05) is 12.1 Å². The minimum absolute atomic E-state index is 0.192. The first kappa shape index (κ1) is 24.8. The molecule has 32 heavy (non-hydrogen) atoms. The number of carbonyl (C=O) groups is 1. The van der Waals surface area contributed by atoms with Crippen molar-refractivity contribution in [2.45, 2.75) is 50.9 Å². The van der Waals surface area contributed by atoms with Crippen LogP contribution in [0.25, 0.3) is 0 Å². The number of nitrogens with zero attached hydrogens (tertiary/aromatic N) is 1. The molecule has 9 heteroatoms. The highest BCUT2D eigenvalue weighted by molar-refractivity contribution is 5.73. The topological polar surface area (TPSA) is 68.2 Å². The monoisotopic (exact) mass is 459 g/mol. The van der Waals surface area contributed by atoms with Crippen molar-refractivity contribution in [1.82, 2.24) is 4.90 Å². The van der Waals surface area contributed by atoms with Gasteiger partial charge in [0.25, 0.3) is 0 Å². The molecule has 1 aromatic rings. The van der Waals surface area contributed by atoms with Crippen molar-refractivity contribution in [1.29, 1.82) is 0 Å². The van der Waals surface area contributed by atoms with Gasteiger partial charge >= 0.3 is 12.1 Å². The Balaban J connectivity index is 0.000000360. The Labute approximate surface area is 186 Å². The van der Waals surface area contributed by atoms with Gasteiger partial charge in [-0.25, -0.2) is 4.79 Å². The van der Waals surface area contributed by atoms with Gasteiger partial charge in [-0.3, -0.25) is 4.90 Å². The van der Waals surface area contributed by atoms with Gasteiger partial charge in [-0.15, -0.1) is 0 Å². The van der Waals surface area contributed by atoms with Gasteiger partial charge in [-0.2, -0.15) is 13.2 Å². The molecule has 1 aliphatic carbocycles. The number of likely N-dealkylation sites (tertiary alicyclic amines) is 1. The first-order valence-corrected chi connectivity index (χ1v) is 11.1. The SMILES string of the molecule is COc1ccc(CN2CCC3OCCCC3(COCC3CC3)C2)cc1.O=C(O)C(F)(F)F. The summed E-state index contributed by atoms with van der Waals surface area (Å²) in [5.74, 6) is -1.00. The number of methoxy groups -OCH3 is 1. The van der Waals surface area contributed by atoms with E-state index in [1.165, 1.54) is 31.2 Å². The number of rotatable bonds is 7. The van der Waals surface area contributed by atoms with Gasteiger partial charge in [0, 0.05) is 38.3 Å². The number of aliphatic carboxylic acids is 1. The smallest absolute Gasteiger partial charge is 0.490 e. The third-order valence-corrected chi connectivity index (χ3v) is 6.31. The molecule has 3 fully saturated rings. The fourth-order valence-corrected chi connectivity index (χ4v) is 4.43. The summed E-state index contributed by atoms with van der Waals surface area (Å²) < 4.78 is 49.3. The normalized spacial score (nSPS) is 25.9. The van der Waals surface area contributed by atoms with Gasteiger partial charge in [0.05, 0.1) is 19.8 Å². The van der Waals surface area contributed by atoms with Crippen molar-refractivity contribution >= 4 is 5.97 Å². The first-order valence-electron chi connectivity index (χ1n) is 11.1. The lowest BCUT2D eigenvalue weighted by atomic mass is 9.73. The van der Waals surface area contributed by atoms with E-state index in [9.17, 15) is 13.2 Å². The highest BCUT2D eigenvalue weighted by atomic mass is 19.4. The number of fused-ring (bicyclic) bond motifs is 1. The van der Waals surface area contributed by atoms with Gasteiger partial charge < -0.3 is 19.3 Å². The van der Waals surface area contributed by atoms with Crippen molar-refractivity contribution in [2.75, 3.05) is 40.0 Å². The van der Waals surface area contributed by atoms with Crippen LogP contribution in [0, 0.1) is 11.3 Å². The zero-order valence-corrected chi connectivity index (χ0v) is 18.4. The molecule has 2 saturated heterocycles. The fraction of sp³-hybridized carbons (Fsp3) is 0.696. The Bertz CT molecular complexity index is 738. The molecule has 3 aliphatic rings. The summed E-state index contributed by atoms with van der Waals surface area (Å²) in [6.45, 7) is 5.95. The Morgan fingerprint density at radius 3 is 2.53 bits per heavy atom. The van der Waals surface area contributed by atoms with E-state index >= 15 is 0 Å². The van der Waals surface area contributed by atoms with Crippen LogP contribution in [0.15, 0.2) is 24.3 Å². The summed E-state index contributed by atoms with van der Waals surface area (Å²) in [4.78, 5) is 11.5. The van der Waals surface area contributed by atoms with Crippen LogP contribution in [-0.2, 0) is 20.8 Å². The average molecular weight is 460 g/mol. The van der Waals surface area contributed by atoms with Crippen molar-refractivity contribution in [3.63, 3.8) is 0 Å². The van der Waals surface area contributed by atoms with Gasteiger partial charge in [-0.05, 0) is 55.7 Å². The van der Waals surface area contributed by atoms with Crippen LogP contribution in [0.2, 0.25) is 0 Å². The van der Waals surface area contributed by atoms with Crippen molar-refractivity contribution < 1.29 is 37.3 Å². The molecule has 1 aromatic carbocycles. The van der Waals surface area contributed by atoms with E-state index in [-0.39, 0.29) is 5.41 Å². The molecule has 1 N–H and O–H groups in total. The molecule has 1 saturated carbocycles. The summed E-state index contributed by atoms with van der Waals surface area (Å²) in [6.07, 6.45) is 1.55. The van der Waals surface area contributed by atoms with Gasteiger partial charge in [0.2, 0.25) is 0 Å². The Kier molecular flexibility index (Phi) is 8.41. The van der Waals surface area contributed by atoms with Crippen molar-refractivity contribution in [3.8, 4) is 5.75 Å². The predicted octanol–water partition coefficient (Wildman–Crippen LogP) is 4.13. The van der Waals surface area contributed by atoms with Crippen LogP contribution in [-0.4, -0.2) is 68.3 Å². The Morgan fingerprint density at radius 1 is 1.25 bits per heavy atom. The number of alkyl halides is 3. The summed E-state index contributed by atoms with van der Waals surface area (Å²) in [7, 11) is 1.72. The molecule has 0 spiro atoms. The van der Waals surface area contributed by atoms with Gasteiger partial charge in [0.1, 0.15) is 5.75 Å². The van der Waals surface area contributed by atoms with E-state index in [0.717, 1.165) is 57.5 Å². The van der Waals surface area contributed by atoms with Crippen molar-refractivity contribution in [2.24, 2.45) is 11.3 Å². The molecule has 0 radical (unpaired) electrons. The van der Waals surface area contributed by atoms with Crippen molar-refractivity contribution in [3.05, 3.63) is 29.8 Å². The number of carboxylic acid groups (broad SMARTS) is 1. The lowest BCUT2D eigenvalue weighted by Gasteiger charge is -2.50. The maximum absolute atomic E-state index is 10.6. The average Bonchev–Trinajstić information content (AvgIpc) is 3.58. The molecular formula is C23H32F3NO5. The Morgan fingerprint density at radius 2 is 1.94 bits per heavy atom. The molecule has 6 nitrogen and oxygen atoms in total. The lowest BCUT2D eigenvalue weighted by Crippen LogP contribution is -2.56. The van der Waals surface area contributed by atoms with E-state index in [1.54, 1.807) is 7.11 Å². The minimum Gasteiger partial charge on any atom is -0.497 e. The van der Waals surface area contributed by atoms with Crippen LogP contribution >= 0.6 is 0 Å². The second-order valence-electron chi connectivity index (χ2n) is 8.93. The van der Waals surface area contributed by atoms with E-state index in [1.807, 2.05) is 0 Å². The summed E-state index contributed by atoms with van der Waals surface area (Å²) >= 11 is 0. The number of carboxylic acids is 1. The highest BCUT2D eigenvalue weighted by Crippen LogP contribution is 2.41. The van der Waals surface area contributed by atoms with E-state index < -0.39 is 12.1 Å². The molecule has 0 bridgehead atoms. The largest absolute Gasteiger partial charge is 0.497 e. The Hall–Kier alpha value is -1.84. The maximum Gasteiger partial charge on any atom is 0.490 e. The molecule has 2 unspecified atom stereocenters. The number of ether oxygens (including phenoxy) is 3. The number of hydrogen-bond acceptors (Lipinski definition) is 5. The van der Waals surface area contributed by atoms with E-state index in [0.29, 0.717) is 6.10 Å². The number of hydrogen-bond donors (Lipinski definition) is 1. The van der Waals surface area contributed by atoms with Crippen LogP contribution in [0.3, 0.4) is 0 Å². The van der Waals surface area contributed by atoms with Gasteiger partial charge in [0.15, 0.2) is 0 Å². The molecule has 0 aromatic heterocycles. The molecule has 180 valence electrons.